The fourth-order valence-corrected chi connectivity index (χ4v) is 3.29. The van der Waals surface area contributed by atoms with Crippen molar-refractivity contribution in [1.82, 2.24) is 9.78 Å². The van der Waals surface area contributed by atoms with E-state index in [1.54, 1.807) is 31.2 Å². The van der Waals surface area contributed by atoms with Crippen LogP contribution in [0.4, 0.5) is 13.2 Å². The maximum atomic E-state index is 13.1. The molecular weight excluding hydrogens is 487 g/mol. The van der Waals surface area contributed by atoms with Crippen molar-refractivity contribution in [2.24, 2.45) is 12.0 Å². The number of carbonyl (C=O) groups is 2. The summed E-state index contributed by atoms with van der Waals surface area (Å²) in [6.07, 6.45) is -3.96. The predicted octanol–water partition coefficient (Wildman–Crippen LogP) is 3.14. The molecule has 2 heterocycles. The zero-order chi connectivity index (χ0) is 22.8. The minimum atomic E-state index is -4.85. The van der Waals surface area contributed by atoms with Crippen LogP contribution in [0.5, 0.6) is 0 Å². The molecule has 31 heavy (non-hydrogen) atoms. The highest BCUT2D eigenvalue weighted by Crippen LogP contribution is 2.32. The number of benzene rings is 1. The van der Waals surface area contributed by atoms with Crippen molar-refractivity contribution in [2.75, 3.05) is 19.8 Å². The molecule has 2 aromatic rings. The molecule has 0 bridgehead atoms. The van der Waals surface area contributed by atoms with E-state index in [4.69, 9.17) is 14.2 Å². The molecule has 0 unspecified atom stereocenters. The third-order valence-corrected chi connectivity index (χ3v) is 4.97. The van der Waals surface area contributed by atoms with E-state index in [1.165, 1.54) is 7.05 Å². The summed E-state index contributed by atoms with van der Waals surface area (Å²) >= 11 is 3.36. The van der Waals surface area contributed by atoms with Crippen LogP contribution < -0.4 is 0 Å². The van der Waals surface area contributed by atoms with E-state index >= 15 is 0 Å². The van der Waals surface area contributed by atoms with Crippen molar-refractivity contribution in [3.8, 4) is 0 Å². The molecule has 12 heteroatoms. The van der Waals surface area contributed by atoms with E-state index in [0.29, 0.717) is 10.0 Å². The van der Waals surface area contributed by atoms with E-state index in [-0.39, 0.29) is 19.1 Å². The van der Waals surface area contributed by atoms with Crippen molar-refractivity contribution < 1.29 is 37.0 Å². The fourth-order valence-electron chi connectivity index (χ4n) is 2.83. The van der Waals surface area contributed by atoms with Gasteiger partial charge in [-0.3, -0.25) is 4.68 Å². The average molecular weight is 504 g/mol. The zero-order valence-corrected chi connectivity index (χ0v) is 18.0. The van der Waals surface area contributed by atoms with Crippen molar-refractivity contribution in [2.45, 2.75) is 18.6 Å². The summed E-state index contributed by atoms with van der Waals surface area (Å²) in [6.45, 7) is 0.617. The molecule has 3 rings (SSSR count). The molecule has 1 atom stereocenters. The van der Waals surface area contributed by atoms with Gasteiger partial charge in [-0.2, -0.15) is 18.3 Å². The Morgan fingerprint density at radius 1 is 1.29 bits per heavy atom. The maximum Gasteiger partial charge on any atom is 0.436 e. The van der Waals surface area contributed by atoms with Crippen LogP contribution in [-0.4, -0.2) is 53.0 Å². The number of ether oxygens (including phenoxy) is 3. The van der Waals surface area contributed by atoms with E-state index < -0.39 is 41.5 Å². The first-order chi connectivity index (χ1) is 14.6. The van der Waals surface area contributed by atoms with E-state index in [0.717, 1.165) is 10.9 Å². The van der Waals surface area contributed by atoms with Gasteiger partial charge in [0.15, 0.2) is 5.69 Å². The van der Waals surface area contributed by atoms with Gasteiger partial charge in [0.1, 0.15) is 18.8 Å². The number of aryl methyl sites for hydroxylation is 1. The van der Waals surface area contributed by atoms with Crippen molar-refractivity contribution in [3.63, 3.8) is 0 Å². The average Bonchev–Trinajstić information content (AvgIpc) is 3.31. The molecule has 0 amide bonds. The minimum Gasteiger partial charge on any atom is -0.474 e. The lowest BCUT2D eigenvalue weighted by atomic mass is 10.0. The van der Waals surface area contributed by atoms with Gasteiger partial charge in [-0.15, -0.1) is 0 Å². The Morgan fingerprint density at radius 3 is 2.65 bits per heavy atom. The second-order valence-corrected chi connectivity index (χ2v) is 7.43. The molecule has 1 aromatic heterocycles. The van der Waals surface area contributed by atoms with E-state index in [2.05, 4.69) is 26.0 Å². The van der Waals surface area contributed by atoms with Gasteiger partial charge < -0.3 is 14.2 Å². The van der Waals surface area contributed by atoms with Crippen LogP contribution in [0.1, 0.15) is 28.5 Å². The molecule has 0 N–H and O–H groups in total. The van der Waals surface area contributed by atoms with Gasteiger partial charge in [0.05, 0.1) is 12.2 Å². The van der Waals surface area contributed by atoms with Gasteiger partial charge in [-0.1, -0.05) is 12.1 Å². The SMILES string of the molecule is CCOC(=O)[C@]1(COC(=O)c2cn(C)nc2C(F)(F)F)COC(c2ccccc2Br)=N1. The second kappa shape index (κ2) is 8.69. The number of hydrogen-bond acceptors (Lipinski definition) is 7. The molecule has 0 saturated heterocycles. The first-order valence-corrected chi connectivity index (χ1v) is 9.79. The van der Waals surface area contributed by atoms with Crippen LogP contribution in [0.3, 0.4) is 0 Å². The number of alkyl halides is 3. The Kier molecular flexibility index (Phi) is 6.39. The van der Waals surface area contributed by atoms with E-state index in [1.807, 2.05) is 0 Å². The minimum absolute atomic E-state index is 0.0231. The Morgan fingerprint density at radius 2 is 2.00 bits per heavy atom. The largest absolute Gasteiger partial charge is 0.474 e. The summed E-state index contributed by atoms with van der Waals surface area (Å²) in [5.74, 6) is -2.02. The van der Waals surface area contributed by atoms with Crippen LogP contribution >= 0.6 is 15.9 Å². The lowest BCUT2D eigenvalue weighted by molar-refractivity contribution is -0.152. The molecule has 1 aliphatic heterocycles. The smallest absolute Gasteiger partial charge is 0.436 e. The Bertz CT molecular complexity index is 1040. The van der Waals surface area contributed by atoms with Gasteiger partial charge in [-0.25, -0.2) is 14.6 Å². The fraction of sp³-hybridized carbons (Fsp3) is 0.368. The van der Waals surface area contributed by atoms with E-state index in [9.17, 15) is 22.8 Å². The third-order valence-electron chi connectivity index (χ3n) is 4.28. The molecule has 0 saturated carbocycles. The normalized spacial score (nSPS) is 18.3. The molecule has 0 fully saturated rings. The summed E-state index contributed by atoms with van der Waals surface area (Å²) in [7, 11) is 1.24. The first-order valence-electron chi connectivity index (χ1n) is 9.00. The molecule has 0 radical (unpaired) electrons. The monoisotopic (exact) mass is 503 g/mol. The van der Waals surface area contributed by atoms with Crippen molar-refractivity contribution >= 4 is 33.8 Å². The second-order valence-electron chi connectivity index (χ2n) is 6.58. The summed E-state index contributed by atoms with van der Waals surface area (Å²) in [5, 5.41) is 3.27. The number of aromatic nitrogens is 2. The lowest BCUT2D eigenvalue weighted by Gasteiger charge is -2.21. The number of esters is 2. The molecule has 166 valence electrons. The van der Waals surface area contributed by atoms with Gasteiger partial charge in [-0.05, 0) is 35.0 Å². The van der Waals surface area contributed by atoms with Crippen molar-refractivity contribution in [3.05, 3.63) is 51.8 Å². The standard InChI is InChI=1S/C19H17BrF3N3O5/c1-3-29-17(28)18(9-30-15(24-18)11-6-4-5-7-13(11)20)10-31-16(27)12-8-26(2)25-14(12)19(21,22)23/h4-8H,3,9-10H2,1-2H3/t18-/m1/s1. The van der Waals surface area contributed by atoms with Crippen LogP contribution in [0, 0.1) is 0 Å². The topological polar surface area (TPSA) is 92.0 Å². The number of carbonyl (C=O) groups excluding carboxylic acids is 2. The summed E-state index contributed by atoms with van der Waals surface area (Å²) in [4.78, 5) is 29.3. The Hall–Kier alpha value is -2.89. The molecule has 0 spiro atoms. The summed E-state index contributed by atoms with van der Waals surface area (Å²) in [6, 6.07) is 6.95. The van der Waals surface area contributed by atoms with Gasteiger partial charge in [0.25, 0.3) is 0 Å². The zero-order valence-electron chi connectivity index (χ0n) is 16.4. The molecule has 1 aliphatic rings. The molecule has 0 aliphatic carbocycles. The summed E-state index contributed by atoms with van der Waals surface area (Å²) < 4.78 is 56.6. The number of hydrogen-bond donors (Lipinski definition) is 0. The number of aliphatic imine (C=N–C) groups is 1. The number of rotatable bonds is 6. The predicted molar refractivity (Wildman–Crippen MR) is 104 cm³/mol. The highest BCUT2D eigenvalue weighted by molar-refractivity contribution is 9.10. The van der Waals surface area contributed by atoms with Crippen molar-refractivity contribution in [1.29, 1.82) is 0 Å². The van der Waals surface area contributed by atoms with Crippen LogP contribution in [0.2, 0.25) is 0 Å². The number of nitrogens with zero attached hydrogens (tertiary/aromatic N) is 3. The van der Waals surface area contributed by atoms with Crippen LogP contribution in [0.25, 0.3) is 0 Å². The number of halogens is 4. The van der Waals surface area contributed by atoms with Crippen LogP contribution in [0.15, 0.2) is 39.9 Å². The van der Waals surface area contributed by atoms with Crippen LogP contribution in [-0.2, 0) is 32.2 Å². The molecule has 1 aromatic carbocycles. The molecular formula is C19H17BrF3N3O5. The summed E-state index contributed by atoms with van der Waals surface area (Å²) in [5.41, 5.74) is -3.36. The Balaban J connectivity index is 1.88. The first kappa shape index (κ1) is 22.8. The quantitative estimate of drug-likeness (QED) is 0.562. The lowest BCUT2D eigenvalue weighted by Crippen LogP contribution is -2.45. The van der Waals surface area contributed by atoms with Gasteiger partial charge in [0.2, 0.25) is 11.4 Å². The highest BCUT2D eigenvalue weighted by Gasteiger charge is 2.48. The maximum absolute atomic E-state index is 13.1. The molecule has 8 nitrogen and oxygen atoms in total. The van der Waals surface area contributed by atoms with Gasteiger partial charge >= 0.3 is 18.1 Å². The highest BCUT2D eigenvalue weighted by atomic mass is 79.9. The van der Waals surface area contributed by atoms with Gasteiger partial charge in [0, 0.05) is 17.7 Å². The Labute approximate surface area is 183 Å². The third kappa shape index (κ3) is 4.73.